The summed E-state index contributed by atoms with van der Waals surface area (Å²) in [4.78, 5) is 0. The van der Waals surface area contributed by atoms with Crippen molar-refractivity contribution in [3.05, 3.63) is 48.9 Å². The Kier molecular flexibility index (Phi) is 24.4. The van der Waals surface area contributed by atoms with Crippen molar-refractivity contribution in [2.45, 2.75) is 48.0 Å². The first-order chi connectivity index (χ1) is 7.78. The molecule has 0 aliphatic heterocycles. The van der Waals surface area contributed by atoms with Crippen LogP contribution in [0.3, 0.4) is 0 Å². The molecule has 0 unspecified atom stereocenters. The van der Waals surface area contributed by atoms with Gasteiger partial charge in [-0.15, -0.1) is 0 Å². The molecular formula is C15H29N. The normalized spacial score (nSPS) is 10.1. The Morgan fingerprint density at radius 1 is 1.00 bits per heavy atom. The van der Waals surface area contributed by atoms with Crippen LogP contribution in [0.25, 0.3) is 0 Å². The van der Waals surface area contributed by atoms with Crippen molar-refractivity contribution in [1.82, 2.24) is 5.32 Å². The molecule has 1 N–H and O–H groups in total. The van der Waals surface area contributed by atoms with E-state index < -0.39 is 0 Å². The molecule has 0 rings (SSSR count). The molecule has 1 heteroatoms. The summed E-state index contributed by atoms with van der Waals surface area (Å²) in [6.07, 6.45) is 8.64. The lowest BCUT2D eigenvalue weighted by Crippen LogP contribution is -2.08. The van der Waals surface area contributed by atoms with Gasteiger partial charge in [0.2, 0.25) is 0 Å². The van der Waals surface area contributed by atoms with Crippen molar-refractivity contribution < 1.29 is 0 Å². The van der Waals surface area contributed by atoms with E-state index in [-0.39, 0.29) is 0 Å². The highest BCUT2D eigenvalue weighted by molar-refractivity contribution is 5.24. The summed E-state index contributed by atoms with van der Waals surface area (Å²) in [7, 11) is 0. The van der Waals surface area contributed by atoms with Gasteiger partial charge in [0.25, 0.3) is 0 Å². The largest absolute Gasteiger partial charge is 0.356 e. The van der Waals surface area contributed by atoms with Crippen molar-refractivity contribution >= 4 is 0 Å². The van der Waals surface area contributed by atoms with Gasteiger partial charge in [0, 0.05) is 11.4 Å². The first kappa shape index (κ1) is 20.2. The Hall–Kier alpha value is -1.24. The maximum atomic E-state index is 3.71. The lowest BCUT2D eigenvalue weighted by Gasteiger charge is -2.06. The smallest absolute Gasteiger partial charge is 0.0337 e. The van der Waals surface area contributed by atoms with Crippen LogP contribution >= 0.6 is 0 Å². The van der Waals surface area contributed by atoms with E-state index in [4.69, 9.17) is 0 Å². The zero-order chi connectivity index (χ0) is 13.4. The highest BCUT2D eigenvalue weighted by Gasteiger charge is 1.90. The summed E-state index contributed by atoms with van der Waals surface area (Å²) in [5, 5.41) is 3.19. The summed E-state index contributed by atoms with van der Waals surface area (Å²) in [5.41, 5.74) is 2.04. The second kappa shape index (κ2) is 19.4. The Morgan fingerprint density at radius 3 is 1.69 bits per heavy atom. The standard InChI is InChI=1S/C11H17N.2C2H6/c1-5-9-11(8-4)12-10(6-2)7-3;2*1-2/h6-9,12H,2,4-5H2,1,3H3;2*1-2H3/b10-7+,11-9+;;. The SMILES string of the molecule is C=C/C(=C\C)N/C(C=C)=C/CC.CC.CC. The van der Waals surface area contributed by atoms with Gasteiger partial charge in [0.1, 0.15) is 0 Å². The van der Waals surface area contributed by atoms with E-state index >= 15 is 0 Å². The molecule has 94 valence electrons. The maximum absolute atomic E-state index is 3.71. The van der Waals surface area contributed by atoms with Crippen LogP contribution in [0, 0.1) is 0 Å². The molecule has 0 bridgehead atoms. The number of hydrogen-bond donors (Lipinski definition) is 1. The average Bonchev–Trinajstić information content (AvgIpc) is 2.39. The summed E-state index contributed by atoms with van der Waals surface area (Å²) in [6.45, 7) is 19.5. The zero-order valence-corrected chi connectivity index (χ0v) is 11.9. The monoisotopic (exact) mass is 223 g/mol. The van der Waals surface area contributed by atoms with E-state index in [1.807, 2.05) is 40.7 Å². The van der Waals surface area contributed by atoms with Gasteiger partial charge in [0.05, 0.1) is 0 Å². The lowest BCUT2D eigenvalue weighted by molar-refractivity contribution is 1.02. The topological polar surface area (TPSA) is 12.0 Å². The molecule has 0 saturated heterocycles. The average molecular weight is 223 g/mol. The van der Waals surface area contributed by atoms with Gasteiger partial charge >= 0.3 is 0 Å². The van der Waals surface area contributed by atoms with Crippen LogP contribution in [0.5, 0.6) is 0 Å². The molecule has 0 aromatic rings. The van der Waals surface area contributed by atoms with Crippen molar-refractivity contribution in [3.8, 4) is 0 Å². The molecule has 0 atom stereocenters. The van der Waals surface area contributed by atoms with Gasteiger partial charge in [0.15, 0.2) is 0 Å². The molecule has 0 spiro atoms. The number of hydrogen-bond acceptors (Lipinski definition) is 1. The fourth-order valence-electron chi connectivity index (χ4n) is 0.813. The fourth-order valence-corrected chi connectivity index (χ4v) is 0.813. The van der Waals surface area contributed by atoms with Crippen molar-refractivity contribution in [2.24, 2.45) is 0 Å². The second-order valence-electron chi connectivity index (χ2n) is 2.34. The van der Waals surface area contributed by atoms with Gasteiger partial charge < -0.3 is 5.32 Å². The summed E-state index contributed by atoms with van der Waals surface area (Å²) in [6, 6.07) is 0. The third-order valence-electron chi connectivity index (χ3n) is 1.46. The summed E-state index contributed by atoms with van der Waals surface area (Å²) in [5.74, 6) is 0. The summed E-state index contributed by atoms with van der Waals surface area (Å²) >= 11 is 0. The highest BCUT2D eigenvalue weighted by atomic mass is 14.9. The van der Waals surface area contributed by atoms with Crippen molar-refractivity contribution in [1.29, 1.82) is 0 Å². The van der Waals surface area contributed by atoms with Gasteiger partial charge in [-0.25, -0.2) is 0 Å². The predicted octanol–water partition coefficient (Wildman–Crippen LogP) is 5.20. The van der Waals surface area contributed by atoms with Crippen LogP contribution in [-0.2, 0) is 0 Å². The molecule has 0 aromatic heterocycles. The molecule has 16 heavy (non-hydrogen) atoms. The zero-order valence-electron chi connectivity index (χ0n) is 11.9. The molecule has 0 saturated carbocycles. The van der Waals surface area contributed by atoms with Crippen molar-refractivity contribution in [2.75, 3.05) is 0 Å². The van der Waals surface area contributed by atoms with Gasteiger partial charge in [-0.1, -0.05) is 59.9 Å². The number of allylic oxidation sites excluding steroid dienone is 4. The predicted molar refractivity (Wildman–Crippen MR) is 78.4 cm³/mol. The van der Waals surface area contributed by atoms with Crippen LogP contribution in [-0.4, -0.2) is 0 Å². The molecule has 0 aromatic carbocycles. The fraction of sp³-hybridized carbons (Fsp3) is 0.467. The van der Waals surface area contributed by atoms with Gasteiger partial charge in [-0.05, 0) is 25.5 Å². The molecule has 0 amide bonds. The maximum Gasteiger partial charge on any atom is 0.0337 e. The minimum absolute atomic E-state index is 1.00. The molecule has 0 fully saturated rings. The Bertz CT molecular complexity index is 209. The van der Waals surface area contributed by atoms with Gasteiger partial charge in [-0.2, -0.15) is 0 Å². The summed E-state index contributed by atoms with van der Waals surface area (Å²) < 4.78 is 0. The minimum Gasteiger partial charge on any atom is -0.356 e. The van der Waals surface area contributed by atoms with E-state index in [0.717, 1.165) is 17.8 Å². The first-order valence-electron chi connectivity index (χ1n) is 6.16. The van der Waals surface area contributed by atoms with E-state index in [0.29, 0.717) is 0 Å². The molecular weight excluding hydrogens is 194 g/mol. The molecule has 0 aliphatic carbocycles. The van der Waals surface area contributed by atoms with Crippen LogP contribution in [0.1, 0.15) is 48.0 Å². The number of nitrogens with one attached hydrogen (secondary N) is 1. The van der Waals surface area contributed by atoms with E-state index in [9.17, 15) is 0 Å². The minimum atomic E-state index is 1.00. The van der Waals surface area contributed by atoms with Gasteiger partial charge in [-0.3, -0.25) is 0 Å². The molecule has 0 aliphatic rings. The Balaban J connectivity index is -0.000000376. The van der Waals surface area contributed by atoms with E-state index in [1.54, 1.807) is 12.2 Å². The Labute approximate surface area is 103 Å². The van der Waals surface area contributed by atoms with Crippen molar-refractivity contribution in [3.63, 3.8) is 0 Å². The third-order valence-corrected chi connectivity index (χ3v) is 1.46. The Morgan fingerprint density at radius 2 is 1.44 bits per heavy atom. The third kappa shape index (κ3) is 12.8. The second-order valence-corrected chi connectivity index (χ2v) is 2.34. The highest BCUT2D eigenvalue weighted by Crippen LogP contribution is 1.99. The van der Waals surface area contributed by atoms with Crippen LogP contribution < -0.4 is 5.32 Å². The first-order valence-corrected chi connectivity index (χ1v) is 6.16. The molecule has 0 heterocycles. The number of rotatable bonds is 5. The molecule has 1 nitrogen and oxygen atoms in total. The quantitative estimate of drug-likeness (QED) is 0.632. The van der Waals surface area contributed by atoms with Crippen LogP contribution in [0.2, 0.25) is 0 Å². The lowest BCUT2D eigenvalue weighted by atomic mass is 10.3. The molecule has 0 radical (unpaired) electrons. The van der Waals surface area contributed by atoms with E-state index in [2.05, 4.69) is 31.5 Å². The van der Waals surface area contributed by atoms with Crippen LogP contribution in [0.15, 0.2) is 48.9 Å². The van der Waals surface area contributed by atoms with Crippen LogP contribution in [0.4, 0.5) is 0 Å². The van der Waals surface area contributed by atoms with E-state index in [1.165, 1.54) is 0 Å².